The molecule has 1 saturated carbocycles. The molecule has 1 aliphatic carbocycles. The average Bonchev–Trinajstić information content (AvgIpc) is 3.02. The second-order valence-electron chi connectivity index (χ2n) is 6.67. The van der Waals surface area contributed by atoms with Crippen molar-refractivity contribution in [3.8, 4) is 0 Å². The first-order valence-electron chi connectivity index (χ1n) is 8.29. The van der Waals surface area contributed by atoms with Gasteiger partial charge < -0.3 is 15.2 Å². The molecule has 3 rings (SSSR count). The van der Waals surface area contributed by atoms with Gasteiger partial charge in [-0.15, -0.1) is 0 Å². The first-order valence-corrected chi connectivity index (χ1v) is 8.29. The van der Waals surface area contributed by atoms with Crippen molar-refractivity contribution in [3.63, 3.8) is 0 Å². The molecule has 1 fully saturated rings. The van der Waals surface area contributed by atoms with Crippen molar-refractivity contribution in [2.75, 3.05) is 0 Å². The molecule has 0 saturated heterocycles. The number of hydrogen-bond acceptors (Lipinski definition) is 3. The highest BCUT2D eigenvalue weighted by molar-refractivity contribution is 5.98. The Morgan fingerprint density at radius 1 is 1.26 bits per heavy atom. The van der Waals surface area contributed by atoms with Crippen LogP contribution in [0.5, 0.6) is 0 Å². The van der Waals surface area contributed by atoms with Crippen molar-refractivity contribution in [1.29, 1.82) is 0 Å². The number of carboxylic acids is 1. The lowest BCUT2D eigenvalue weighted by Crippen LogP contribution is -2.56. The van der Waals surface area contributed by atoms with Gasteiger partial charge >= 0.3 is 5.97 Å². The van der Waals surface area contributed by atoms with Gasteiger partial charge in [0.05, 0.1) is 13.2 Å². The van der Waals surface area contributed by atoms with E-state index in [0.29, 0.717) is 37.5 Å². The summed E-state index contributed by atoms with van der Waals surface area (Å²) in [5.74, 6) is -0.668. The van der Waals surface area contributed by atoms with Crippen LogP contribution in [-0.2, 0) is 22.7 Å². The summed E-state index contributed by atoms with van der Waals surface area (Å²) in [6.45, 7) is 3.22. The molecule has 1 heterocycles. The fourth-order valence-corrected chi connectivity index (χ4v) is 3.57. The van der Waals surface area contributed by atoms with Crippen molar-refractivity contribution in [2.45, 2.75) is 57.8 Å². The topological polar surface area (TPSA) is 75.6 Å². The molecule has 1 aromatic carbocycles. The molecule has 5 nitrogen and oxygen atoms in total. The summed E-state index contributed by atoms with van der Waals surface area (Å²) in [5.41, 5.74) is 1.49. The highest BCUT2D eigenvalue weighted by Gasteiger charge is 2.43. The fourth-order valence-electron chi connectivity index (χ4n) is 3.57. The van der Waals surface area contributed by atoms with Crippen LogP contribution in [0.3, 0.4) is 0 Å². The van der Waals surface area contributed by atoms with Crippen molar-refractivity contribution in [2.24, 2.45) is 5.92 Å². The Morgan fingerprint density at radius 2 is 1.96 bits per heavy atom. The highest BCUT2D eigenvalue weighted by atomic mass is 16.5. The minimum absolute atomic E-state index is 0.308. The van der Waals surface area contributed by atoms with Gasteiger partial charge in [0.1, 0.15) is 5.54 Å². The number of aliphatic carboxylic acids is 1. The van der Waals surface area contributed by atoms with E-state index in [4.69, 9.17) is 4.74 Å². The molecule has 2 N–H and O–H groups in total. The number of fused-ring (bicyclic) bond motifs is 1. The van der Waals surface area contributed by atoms with Gasteiger partial charge in [0.2, 0.25) is 0 Å². The number of carboxylic acid groups (broad SMARTS) is 1. The lowest BCUT2D eigenvalue weighted by molar-refractivity contribution is -0.146. The van der Waals surface area contributed by atoms with E-state index in [1.54, 1.807) is 6.07 Å². The zero-order valence-corrected chi connectivity index (χ0v) is 13.4. The third-order valence-electron chi connectivity index (χ3n) is 5.28. The quantitative estimate of drug-likeness (QED) is 0.895. The van der Waals surface area contributed by atoms with Gasteiger partial charge in [-0.25, -0.2) is 4.79 Å². The Hall–Kier alpha value is -1.88. The van der Waals surface area contributed by atoms with Crippen LogP contribution in [0.15, 0.2) is 18.2 Å². The van der Waals surface area contributed by atoms with Crippen LogP contribution < -0.4 is 5.32 Å². The van der Waals surface area contributed by atoms with E-state index in [1.807, 2.05) is 12.1 Å². The van der Waals surface area contributed by atoms with Crippen LogP contribution >= 0.6 is 0 Å². The predicted octanol–water partition coefficient (Wildman–Crippen LogP) is 2.87. The number of carbonyl (C=O) groups is 2. The molecule has 0 aromatic heterocycles. The van der Waals surface area contributed by atoms with Crippen LogP contribution in [-0.4, -0.2) is 22.5 Å². The van der Waals surface area contributed by atoms with E-state index in [0.717, 1.165) is 30.4 Å². The monoisotopic (exact) mass is 317 g/mol. The Morgan fingerprint density at radius 3 is 2.61 bits per heavy atom. The smallest absolute Gasteiger partial charge is 0.329 e. The van der Waals surface area contributed by atoms with Gasteiger partial charge in [-0.05, 0) is 54.9 Å². The van der Waals surface area contributed by atoms with E-state index in [-0.39, 0.29) is 5.91 Å². The maximum atomic E-state index is 12.6. The van der Waals surface area contributed by atoms with Crippen molar-refractivity contribution in [1.82, 2.24) is 5.32 Å². The molecule has 2 aliphatic rings. The number of rotatable bonds is 4. The van der Waals surface area contributed by atoms with Crippen molar-refractivity contribution in [3.05, 3.63) is 34.9 Å². The molecule has 0 unspecified atom stereocenters. The van der Waals surface area contributed by atoms with Crippen LogP contribution in [0.25, 0.3) is 0 Å². The maximum Gasteiger partial charge on any atom is 0.329 e. The number of nitrogens with one attached hydrogen (secondary N) is 1. The second kappa shape index (κ2) is 6.32. The molecular formula is C18H23NO4. The Bertz CT molecular complexity index is 617. The van der Waals surface area contributed by atoms with Gasteiger partial charge in [-0.3, -0.25) is 4.79 Å². The van der Waals surface area contributed by atoms with Crippen LogP contribution in [0, 0.1) is 5.92 Å². The number of hydrogen-bond donors (Lipinski definition) is 2. The highest BCUT2D eigenvalue weighted by Crippen LogP contribution is 2.34. The lowest BCUT2D eigenvalue weighted by atomic mass is 9.75. The third kappa shape index (κ3) is 3.11. The number of amides is 1. The zero-order valence-electron chi connectivity index (χ0n) is 13.4. The van der Waals surface area contributed by atoms with Gasteiger partial charge in [-0.1, -0.05) is 19.4 Å². The predicted molar refractivity (Wildman–Crippen MR) is 85.0 cm³/mol. The molecule has 5 heteroatoms. The van der Waals surface area contributed by atoms with E-state index in [2.05, 4.69) is 12.2 Å². The maximum absolute atomic E-state index is 12.6. The molecule has 1 aliphatic heterocycles. The number of carbonyl (C=O) groups excluding carboxylic acids is 1. The van der Waals surface area contributed by atoms with Crippen LogP contribution in [0.2, 0.25) is 0 Å². The summed E-state index contributed by atoms with van der Waals surface area (Å²) in [6.07, 6.45) is 3.76. The largest absolute Gasteiger partial charge is 0.480 e. The molecule has 0 spiro atoms. The SMILES string of the molecule is CCC1CCC(NC(=O)c2ccc3c(c2)COC3)(C(=O)O)CC1. The average molecular weight is 317 g/mol. The molecule has 1 amide bonds. The van der Waals surface area contributed by atoms with Gasteiger partial charge in [0.15, 0.2) is 0 Å². The number of ether oxygens (including phenoxy) is 1. The van der Waals surface area contributed by atoms with Gasteiger partial charge in [0, 0.05) is 5.56 Å². The zero-order chi connectivity index (χ0) is 16.4. The molecule has 124 valence electrons. The van der Waals surface area contributed by atoms with Gasteiger partial charge in [-0.2, -0.15) is 0 Å². The summed E-state index contributed by atoms with van der Waals surface area (Å²) in [6, 6.07) is 5.44. The fraction of sp³-hybridized carbons (Fsp3) is 0.556. The lowest BCUT2D eigenvalue weighted by Gasteiger charge is -2.37. The summed E-state index contributed by atoms with van der Waals surface area (Å²) in [7, 11) is 0. The first-order chi connectivity index (χ1) is 11.0. The molecule has 0 atom stereocenters. The van der Waals surface area contributed by atoms with Crippen LogP contribution in [0.4, 0.5) is 0 Å². The molecule has 1 aromatic rings. The molecule has 23 heavy (non-hydrogen) atoms. The summed E-state index contributed by atoms with van der Waals surface area (Å²) in [5, 5.41) is 12.5. The molecular weight excluding hydrogens is 294 g/mol. The first kappa shape index (κ1) is 16.0. The molecule has 0 radical (unpaired) electrons. The van der Waals surface area contributed by atoms with Crippen molar-refractivity contribution >= 4 is 11.9 Å². The van der Waals surface area contributed by atoms with E-state index >= 15 is 0 Å². The third-order valence-corrected chi connectivity index (χ3v) is 5.28. The Labute approximate surface area is 136 Å². The van der Waals surface area contributed by atoms with E-state index < -0.39 is 11.5 Å². The van der Waals surface area contributed by atoms with E-state index in [9.17, 15) is 14.7 Å². The Balaban J connectivity index is 1.75. The van der Waals surface area contributed by atoms with E-state index in [1.165, 1.54) is 0 Å². The normalized spacial score (nSPS) is 26.6. The minimum Gasteiger partial charge on any atom is -0.480 e. The summed E-state index contributed by atoms with van der Waals surface area (Å²) in [4.78, 5) is 24.3. The summed E-state index contributed by atoms with van der Waals surface area (Å²) >= 11 is 0. The molecule has 0 bridgehead atoms. The van der Waals surface area contributed by atoms with Crippen molar-refractivity contribution < 1.29 is 19.4 Å². The standard InChI is InChI=1S/C18H23NO4/c1-2-12-5-7-18(8-6-12,17(21)22)19-16(20)13-3-4-14-10-23-11-15(14)9-13/h3-4,9,12H,2,5-8,10-11H2,1H3,(H,19,20)(H,21,22). The summed E-state index contributed by atoms with van der Waals surface area (Å²) < 4.78 is 5.36. The number of benzene rings is 1. The van der Waals surface area contributed by atoms with Crippen LogP contribution in [0.1, 0.15) is 60.5 Å². The second-order valence-corrected chi connectivity index (χ2v) is 6.67. The Kier molecular flexibility index (Phi) is 4.39. The minimum atomic E-state index is -1.13. The van der Waals surface area contributed by atoms with Gasteiger partial charge in [0.25, 0.3) is 5.91 Å².